The van der Waals surface area contributed by atoms with Crippen molar-refractivity contribution in [3.63, 3.8) is 0 Å². The molecule has 0 aromatic heterocycles. The van der Waals surface area contributed by atoms with E-state index in [1.807, 2.05) is 30.3 Å². The molecule has 0 spiro atoms. The minimum Gasteiger partial charge on any atom is -0.494 e. The SMILES string of the molecule is C[C@@H](NC(=O)CCCOc1ccccc1)[C@H]1C[C@H]2CC[C@H]1C2. The van der Waals surface area contributed by atoms with Gasteiger partial charge in [0.05, 0.1) is 6.61 Å². The summed E-state index contributed by atoms with van der Waals surface area (Å²) < 4.78 is 5.62. The molecule has 1 amide bonds. The Balaban J connectivity index is 1.32. The minimum absolute atomic E-state index is 0.173. The van der Waals surface area contributed by atoms with Crippen LogP contribution in [0.1, 0.15) is 45.4 Å². The topological polar surface area (TPSA) is 38.3 Å². The van der Waals surface area contributed by atoms with E-state index in [0.717, 1.165) is 24.0 Å². The average Bonchev–Trinajstić information content (AvgIpc) is 3.15. The van der Waals surface area contributed by atoms with E-state index >= 15 is 0 Å². The van der Waals surface area contributed by atoms with Gasteiger partial charge < -0.3 is 10.1 Å². The van der Waals surface area contributed by atoms with Gasteiger partial charge in [-0.2, -0.15) is 0 Å². The molecule has 0 heterocycles. The van der Waals surface area contributed by atoms with Crippen molar-refractivity contribution in [1.82, 2.24) is 5.32 Å². The number of ether oxygens (including phenoxy) is 1. The Bertz CT molecular complexity index is 487. The van der Waals surface area contributed by atoms with Crippen LogP contribution in [-0.2, 0) is 4.79 Å². The van der Waals surface area contributed by atoms with Gasteiger partial charge in [0.15, 0.2) is 0 Å². The summed E-state index contributed by atoms with van der Waals surface area (Å²) in [5.41, 5.74) is 0. The van der Waals surface area contributed by atoms with Crippen molar-refractivity contribution in [2.75, 3.05) is 6.61 Å². The van der Waals surface area contributed by atoms with Gasteiger partial charge in [0.1, 0.15) is 5.75 Å². The zero-order valence-electron chi connectivity index (χ0n) is 13.5. The summed E-state index contributed by atoms with van der Waals surface area (Å²) in [5.74, 6) is 3.56. The highest BCUT2D eigenvalue weighted by Gasteiger charge is 2.41. The maximum atomic E-state index is 12.1. The number of amides is 1. The number of carbonyl (C=O) groups is 1. The highest BCUT2D eigenvalue weighted by atomic mass is 16.5. The molecule has 1 N–H and O–H groups in total. The molecule has 1 aromatic carbocycles. The van der Waals surface area contributed by atoms with E-state index in [1.165, 1.54) is 25.7 Å². The van der Waals surface area contributed by atoms with Gasteiger partial charge in [-0.15, -0.1) is 0 Å². The molecular weight excluding hydrogens is 274 g/mol. The van der Waals surface area contributed by atoms with Gasteiger partial charge >= 0.3 is 0 Å². The predicted molar refractivity (Wildman–Crippen MR) is 87.7 cm³/mol. The Morgan fingerprint density at radius 2 is 2.09 bits per heavy atom. The van der Waals surface area contributed by atoms with Crippen LogP contribution in [0, 0.1) is 17.8 Å². The quantitative estimate of drug-likeness (QED) is 0.778. The molecule has 0 radical (unpaired) electrons. The fourth-order valence-corrected chi connectivity index (χ4v) is 4.28. The molecule has 2 saturated carbocycles. The Kier molecular flexibility index (Phi) is 5.01. The Hall–Kier alpha value is -1.51. The second-order valence-electron chi connectivity index (χ2n) is 6.96. The van der Waals surface area contributed by atoms with E-state index in [4.69, 9.17) is 4.74 Å². The molecule has 0 unspecified atom stereocenters. The Morgan fingerprint density at radius 1 is 1.27 bits per heavy atom. The summed E-state index contributed by atoms with van der Waals surface area (Å²) in [6, 6.07) is 10.1. The lowest BCUT2D eigenvalue weighted by molar-refractivity contribution is -0.122. The molecule has 2 aliphatic rings. The highest BCUT2D eigenvalue weighted by Crippen LogP contribution is 2.49. The van der Waals surface area contributed by atoms with Gasteiger partial charge in [0.25, 0.3) is 0 Å². The third kappa shape index (κ3) is 3.82. The third-order valence-corrected chi connectivity index (χ3v) is 5.38. The van der Waals surface area contributed by atoms with Gasteiger partial charge in [-0.3, -0.25) is 4.79 Å². The van der Waals surface area contributed by atoms with Crippen molar-refractivity contribution < 1.29 is 9.53 Å². The Labute approximate surface area is 133 Å². The van der Waals surface area contributed by atoms with Gasteiger partial charge in [-0.05, 0) is 62.5 Å². The van der Waals surface area contributed by atoms with Crippen LogP contribution in [-0.4, -0.2) is 18.6 Å². The van der Waals surface area contributed by atoms with Crippen molar-refractivity contribution in [2.45, 2.75) is 51.5 Å². The largest absolute Gasteiger partial charge is 0.494 e. The summed E-state index contributed by atoms with van der Waals surface area (Å²) in [7, 11) is 0. The molecule has 3 nitrogen and oxygen atoms in total. The van der Waals surface area contributed by atoms with Gasteiger partial charge in [-0.25, -0.2) is 0 Å². The van der Waals surface area contributed by atoms with Crippen LogP contribution in [0.3, 0.4) is 0 Å². The smallest absolute Gasteiger partial charge is 0.220 e. The maximum absolute atomic E-state index is 12.1. The summed E-state index contributed by atoms with van der Waals surface area (Å²) >= 11 is 0. The lowest BCUT2D eigenvalue weighted by Crippen LogP contribution is -2.40. The van der Waals surface area contributed by atoms with Crippen molar-refractivity contribution >= 4 is 5.91 Å². The van der Waals surface area contributed by atoms with Crippen LogP contribution in [0.15, 0.2) is 30.3 Å². The molecule has 3 rings (SSSR count). The number of hydrogen-bond acceptors (Lipinski definition) is 2. The summed E-state index contributed by atoms with van der Waals surface area (Å²) in [6.07, 6.45) is 6.83. The zero-order valence-corrected chi connectivity index (χ0v) is 13.5. The van der Waals surface area contributed by atoms with E-state index in [9.17, 15) is 4.79 Å². The minimum atomic E-state index is 0.173. The van der Waals surface area contributed by atoms with Crippen molar-refractivity contribution in [2.24, 2.45) is 17.8 Å². The number of fused-ring (bicyclic) bond motifs is 2. The number of benzene rings is 1. The number of carbonyl (C=O) groups excluding carboxylic acids is 1. The molecule has 120 valence electrons. The first-order valence-corrected chi connectivity index (χ1v) is 8.69. The third-order valence-electron chi connectivity index (χ3n) is 5.38. The van der Waals surface area contributed by atoms with Gasteiger partial charge in [0, 0.05) is 12.5 Å². The first-order chi connectivity index (χ1) is 10.7. The molecule has 2 fully saturated rings. The molecule has 1 aromatic rings. The average molecular weight is 301 g/mol. The highest BCUT2D eigenvalue weighted by molar-refractivity contribution is 5.76. The van der Waals surface area contributed by atoms with Gasteiger partial charge in [0.2, 0.25) is 5.91 Å². The van der Waals surface area contributed by atoms with E-state index in [2.05, 4.69) is 12.2 Å². The molecule has 3 heteroatoms. The molecule has 2 bridgehead atoms. The standard InChI is InChI=1S/C19H27NO2/c1-14(18-13-15-9-10-16(18)12-15)20-19(21)8-5-11-22-17-6-3-2-4-7-17/h2-4,6-7,14-16,18H,5,8-13H2,1H3,(H,20,21)/t14-,15+,16+,18-/m1/s1. The van der Waals surface area contributed by atoms with Crippen LogP contribution in [0.5, 0.6) is 5.75 Å². The second-order valence-corrected chi connectivity index (χ2v) is 6.96. The predicted octanol–water partition coefficient (Wildman–Crippen LogP) is 3.79. The number of para-hydroxylation sites is 1. The van der Waals surface area contributed by atoms with Crippen LogP contribution >= 0.6 is 0 Å². The zero-order chi connectivity index (χ0) is 15.4. The van der Waals surface area contributed by atoms with E-state index in [1.54, 1.807) is 0 Å². The van der Waals surface area contributed by atoms with E-state index in [0.29, 0.717) is 25.0 Å². The monoisotopic (exact) mass is 301 g/mol. The summed E-state index contributed by atoms with van der Waals surface area (Å²) in [4.78, 5) is 12.1. The van der Waals surface area contributed by atoms with Crippen molar-refractivity contribution in [3.8, 4) is 5.75 Å². The van der Waals surface area contributed by atoms with Crippen LogP contribution < -0.4 is 10.1 Å². The lowest BCUT2D eigenvalue weighted by atomic mass is 9.84. The van der Waals surface area contributed by atoms with Gasteiger partial charge in [-0.1, -0.05) is 24.6 Å². The van der Waals surface area contributed by atoms with Crippen molar-refractivity contribution in [3.05, 3.63) is 30.3 Å². The van der Waals surface area contributed by atoms with Crippen LogP contribution in [0.4, 0.5) is 0 Å². The number of rotatable bonds is 7. The lowest BCUT2D eigenvalue weighted by Gasteiger charge is -2.28. The summed E-state index contributed by atoms with van der Waals surface area (Å²) in [5, 5.41) is 3.21. The molecular formula is C19H27NO2. The second kappa shape index (κ2) is 7.17. The van der Waals surface area contributed by atoms with Crippen LogP contribution in [0.25, 0.3) is 0 Å². The van der Waals surface area contributed by atoms with E-state index < -0.39 is 0 Å². The number of nitrogens with one attached hydrogen (secondary N) is 1. The molecule has 4 atom stereocenters. The maximum Gasteiger partial charge on any atom is 0.220 e. The first kappa shape index (κ1) is 15.4. The Morgan fingerprint density at radius 3 is 2.77 bits per heavy atom. The number of hydrogen-bond donors (Lipinski definition) is 1. The molecule has 2 aliphatic carbocycles. The normalized spacial score (nSPS) is 27.6. The molecule has 0 aliphatic heterocycles. The fourth-order valence-electron chi connectivity index (χ4n) is 4.28. The summed E-state index contributed by atoms with van der Waals surface area (Å²) in [6.45, 7) is 2.78. The van der Waals surface area contributed by atoms with Crippen molar-refractivity contribution in [1.29, 1.82) is 0 Å². The van der Waals surface area contributed by atoms with Crippen LogP contribution in [0.2, 0.25) is 0 Å². The molecule has 0 saturated heterocycles. The van der Waals surface area contributed by atoms with E-state index in [-0.39, 0.29) is 5.91 Å². The first-order valence-electron chi connectivity index (χ1n) is 8.69. The fraction of sp³-hybridized carbons (Fsp3) is 0.632. The molecule has 22 heavy (non-hydrogen) atoms.